The Labute approximate surface area is 204 Å². The predicted octanol–water partition coefficient (Wildman–Crippen LogP) is 5.32. The molecule has 0 aromatic carbocycles. The zero-order valence-corrected chi connectivity index (χ0v) is 21.9. The summed E-state index contributed by atoms with van der Waals surface area (Å²) >= 11 is 0. The predicted molar refractivity (Wildman–Crippen MR) is 128 cm³/mol. The molecule has 4 saturated carbocycles. The molecule has 0 spiro atoms. The maximum Gasteiger partial charge on any atom is 0.305 e. The Kier molecular flexibility index (Phi) is 7.10. The maximum atomic E-state index is 12.3. The third kappa shape index (κ3) is 4.28. The molecular formula is C28H44O6. The lowest BCUT2D eigenvalue weighted by molar-refractivity contribution is -0.198. The van der Waals surface area contributed by atoms with Crippen LogP contribution in [0.25, 0.3) is 0 Å². The molecule has 0 amide bonds. The molecular weight excluding hydrogens is 432 g/mol. The van der Waals surface area contributed by atoms with Gasteiger partial charge in [-0.1, -0.05) is 20.8 Å². The molecule has 0 aliphatic heterocycles. The molecule has 6 heteroatoms. The van der Waals surface area contributed by atoms with Crippen LogP contribution < -0.4 is 0 Å². The van der Waals surface area contributed by atoms with Crippen molar-refractivity contribution in [2.75, 3.05) is 7.11 Å². The first-order chi connectivity index (χ1) is 16.0. The van der Waals surface area contributed by atoms with E-state index in [9.17, 15) is 14.4 Å². The van der Waals surface area contributed by atoms with E-state index in [2.05, 4.69) is 20.8 Å². The monoisotopic (exact) mass is 476 g/mol. The summed E-state index contributed by atoms with van der Waals surface area (Å²) < 4.78 is 16.7. The van der Waals surface area contributed by atoms with Crippen LogP contribution in [0.2, 0.25) is 0 Å². The molecule has 0 saturated heterocycles. The Morgan fingerprint density at radius 2 is 1.62 bits per heavy atom. The average Bonchev–Trinajstić information content (AvgIpc) is 3.12. The summed E-state index contributed by atoms with van der Waals surface area (Å²) in [5.41, 5.74) is 0.0768. The van der Waals surface area contributed by atoms with Crippen molar-refractivity contribution in [1.29, 1.82) is 0 Å². The van der Waals surface area contributed by atoms with Gasteiger partial charge in [0.15, 0.2) is 0 Å². The molecule has 4 rings (SSSR count). The van der Waals surface area contributed by atoms with Gasteiger partial charge in [-0.25, -0.2) is 0 Å². The van der Waals surface area contributed by atoms with Gasteiger partial charge in [-0.3, -0.25) is 14.4 Å². The smallest absolute Gasteiger partial charge is 0.305 e. The molecule has 192 valence electrons. The molecule has 0 bridgehead atoms. The van der Waals surface area contributed by atoms with E-state index in [0.29, 0.717) is 36.0 Å². The summed E-state index contributed by atoms with van der Waals surface area (Å²) in [4.78, 5) is 35.9. The second-order valence-corrected chi connectivity index (χ2v) is 12.3. The van der Waals surface area contributed by atoms with E-state index < -0.39 is 0 Å². The van der Waals surface area contributed by atoms with Crippen LogP contribution in [0.5, 0.6) is 0 Å². The molecule has 0 heterocycles. The molecule has 0 aromatic rings. The molecule has 0 aromatic heterocycles. The molecule has 10 atom stereocenters. The number of esters is 3. The van der Waals surface area contributed by atoms with Crippen LogP contribution >= 0.6 is 0 Å². The van der Waals surface area contributed by atoms with Gasteiger partial charge in [0.1, 0.15) is 12.2 Å². The Hall–Kier alpha value is -1.59. The topological polar surface area (TPSA) is 78.9 Å². The number of hydrogen-bond donors (Lipinski definition) is 0. The molecule has 6 nitrogen and oxygen atoms in total. The van der Waals surface area contributed by atoms with Gasteiger partial charge >= 0.3 is 17.9 Å². The van der Waals surface area contributed by atoms with E-state index in [1.807, 2.05) is 0 Å². The highest BCUT2D eigenvalue weighted by molar-refractivity contribution is 5.69. The largest absolute Gasteiger partial charge is 0.469 e. The van der Waals surface area contributed by atoms with Gasteiger partial charge in [-0.15, -0.1) is 0 Å². The normalized spacial score (nSPS) is 44.1. The minimum Gasteiger partial charge on any atom is -0.469 e. The third-order valence-corrected chi connectivity index (χ3v) is 10.8. The molecule has 34 heavy (non-hydrogen) atoms. The zero-order chi connectivity index (χ0) is 24.8. The fourth-order valence-electron chi connectivity index (χ4n) is 9.32. The van der Waals surface area contributed by atoms with Gasteiger partial charge in [-0.05, 0) is 92.3 Å². The SMILES string of the molecule is COC(=O)C[C@@H](C)[C@@H]1CC[C@@H]2[C@@H]3CC[C@@H]4C[C@H](OC(C)=O)CC[C@]4(C)[C@H]3C[C@H](OC(C)=O)[C@@]21C. The van der Waals surface area contributed by atoms with Crippen LogP contribution in [0.15, 0.2) is 0 Å². The number of hydrogen-bond acceptors (Lipinski definition) is 6. The van der Waals surface area contributed by atoms with E-state index in [1.54, 1.807) is 0 Å². The van der Waals surface area contributed by atoms with Crippen LogP contribution in [0.3, 0.4) is 0 Å². The summed E-state index contributed by atoms with van der Waals surface area (Å²) in [5, 5.41) is 0. The first-order valence-corrected chi connectivity index (χ1v) is 13.4. The Morgan fingerprint density at radius 3 is 2.26 bits per heavy atom. The highest BCUT2D eigenvalue weighted by atomic mass is 16.5. The van der Waals surface area contributed by atoms with Crippen molar-refractivity contribution in [2.45, 2.75) is 105 Å². The molecule has 0 N–H and O–H groups in total. The molecule has 4 aliphatic carbocycles. The van der Waals surface area contributed by atoms with Crippen molar-refractivity contribution < 1.29 is 28.6 Å². The first kappa shape index (κ1) is 25.5. The van der Waals surface area contributed by atoms with Crippen molar-refractivity contribution in [3.05, 3.63) is 0 Å². The van der Waals surface area contributed by atoms with Gasteiger partial charge in [-0.2, -0.15) is 0 Å². The fraction of sp³-hybridized carbons (Fsp3) is 0.893. The lowest BCUT2D eigenvalue weighted by Gasteiger charge is -2.62. The van der Waals surface area contributed by atoms with Gasteiger partial charge in [0.2, 0.25) is 0 Å². The van der Waals surface area contributed by atoms with E-state index in [4.69, 9.17) is 14.2 Å². The van der Waals surface area contributed by atoms with Crippen LogP contribution in [-0.2, 0) is 28.6 Å². The highest BCUT2D eigenvalue weighted by Gasteiger charge is 2.65. The van der Waals surface area contributed by atoms with E-state index in [0.717, 1.165) is 38.5 Å². The minimum absolute atomic E-state index is 0.0419. The third-order valence-electron chi connectivity index (χ3n) is 10.8. The van der Waals surface area contributed by atoms with Gasteiger partial charge in [0.05, 0.1) is 7.11 Å². The maximum absolute atomic E-state index is 12.3. The van der Waals surface area contributed by atoms with Gasteiger partial charge in [0, 0.05) is 25.7 Å². The number of methoxy groups -OCH3 is 1. The van der Waals surface area contributed by atoms with E-state index in [1.165, 1.54) is 33.8 Å². The molecule has 0 radical (unpaired) electrons. The standard InChI is InChI=1S/C28H44O6/c1-16(13-26(31)32-6)22-9-10-23-21-8-7-19-14-20(33-17(2)29)11-12-27(19,4)24(21)15-25(28(22,23)5)34-18(3)30/h16,19-25H,7-15H2,1-6H3/t16-,19-,20-,21+,22+,23-,24+,25+,27+,28-/m1/s1. The second-order valence-electron chi connectivity index (χ2n) is 12.3. The second kappa shape index (κ2) is 9.46. The van der Waals surface area contributed by atoms with E-state index >= 15 is 0 Å². The van der Waals surface area contributed by atoms with Crippen molar-refractivity contribution in [3.8, 4) is 0 Å². The Bertz CT molecular complexity index is 809. The van der Waals surface area contributed by atoms with Gasteiger partial charge in [0.25, 0.3) is 0 Å². The van der Waals surface area contributed by atoms with Crippen LogP contribution in [0.1, 0.15) is 92.4 Å². The zero-order valence-electron chi connectivity index (χ0n) is 21.9. The number of rotatable bonds is 5. The minimum atomic E-state index is -0.203. The van der Waals surface area contributed by atoms with E-state index in [-0.39, 0.29) is 46.9 Å². The molecule has 4 fully saturated rings. The number of carbonyl (C=O) groups excluding carboxylic acids is 3. The van der Waals surface area contributed by atoms with Crippen molar-refractivity contribution in [3.63, 3.8) is 0 Å². The van der Waals surface area contributed by atoms with Crippen molar-refractivity contribution in [2.24, 2.45) is 46.3 Å². The lowest BCUT2D eigenvalue weighted by Crippen LogP contribution is -2.59. The highest BCUT2D eigenvalue weighted by Crippen LogP contribution is 2.69. The van der Waals surface area contributed by atoms with Crippen LogP contribution in [-0.4, -0.2) is 37.2 Å². The summed E-state index contributed by atoms with van der Waals surface area (Å²) in [6.07, 6.45) is 8.79. The van der Waals surface area contributed by atoms with Crippen molar-refractivity contribution in [1.82, 2.24) is 0 Å². The Morgan fingerprint density at radius 1 is 0.912 bits per heavy atom. The average molecular weight is 477 g/mol. The van der Waals surface area contributed by atoms with Crippen LogP contribution in [0, 0.1) is 46.3 Å². The number of ether oxygens (including phenoxy) is 3. The summed E-state index contributed by atoms with van der Waals surface area (Å²) in [6.45, 7) is 10.0. The van der Waals surface area contributed by atoms with Crippen LogP contribution in [0.4, 0.5) is 0 Å². The lowest BCUT2D eigenvalue weighted by atomic mass is 9.43. The van der Waals surface area contributed by atoms with Gasteiger partial charge < -0.3 is 14.2 Å². The molecule has 4 aliphatic rings. The Balaban J connectivity index is 1.61. The summed E-state index contributed by atoms with van der Waals surface area (Å²) in [5.74, 6) is 2.19. The molecule has 0 unspecified atom stereocenters. The summed E-state index contributed by atoms with van der Waals surface area (Å²) in [6, 6.07) is 0. The number of fused-ring (bicyclic) bond motifs is 5. The van der Waals surface area contributed by atoms with Crippen molar-refractivity contribution >= 4 is 17.9 Å². The number of carbonyl (C=O) groups is 3. The first-order valence-electron chi connectivity index (χ1n) is 13.4. The summed E-state index contributed by atoms with van der Waals surface area (Å²) in [7, 11) is 1.45. The fourth-order valence-corrected chi connectivity index (χ4v) is 9.32. The quantitative estimate of drug-likeness (QED) is 0.395.